The molecule has 2 aliphatic heterocycles. The van der Waals surface area contributed by atoms with Gasteiger partial charge >= 0.3 is 0 Å². The number of amides is 2. The molecule has 0 radical (unpaired) electrons. The van der Waals surface area contributed by atoms with Gasteiger partial charge in [0, 0.05) is 50.1 Å². The van der Waals surface area contributed by atoms with E-state index in [9.17, 15) is 18.0 Å². The van der Waals surface area contributed by atoms with Crippen LogP contribution in [0.15, 0.2) is 77.3 Å². The predicted octanol–water partition coefficient (Wildman–Crippen LogP) is 2.42. The minimum Gasteiger partial charge on any atom is -0.371 e. The maximum absolute atomic E-state index is 13.5. The molecule has 2 heterocycles. The molecule has 3 aliphatic rings. The number of anilines is 1. The van der Waals surface area contributed by atoms with Gasteiger partial charge in [-0.1, -0.05) is 36.6 Å². The van der Waals surface area contributed by atoms with E-state index < -0.39 is 10.0 Å². The molecule has 1 aromatic carbocycles. The average Bonchev–Trinajstić information content (AvgIpc) is 3.06. The second-order valence-corrected chi connectivity index (χ2v) is 11.3. The minimum atomic E-state index is -3.86. The lowest BCUT2D eigenvalue weighted by Gasteiger charge is -2.25. The van der Waals surface area contributed by atoms with Crippen molar-refractivity contribution in [1.82, 2.24) is 19.8 Å². The number of rotatable bonds is 0. The van der Waals surface area contributed by atoms with Crippen molar-refractivity contribution in [2.45, 2.75) is 19.3 Å². The van der Waals surface area contributed by atoms with Crippen LogP contribution in [0.1, 0.15) is 30.4 Å². The summed E-state index contributed by atoms with van der Waals surface area (Å²) in [4.78, 5) is 27.1. The second kappa shape index (κ2) is 12.0. The Morgan fingerprint density at radius 2 is 2.00 bits per heavy atom. The van der Waals surface area contributed by atoms with Crippen LogP contribution in [0.2, 0.25) is 0 Å². The summed E-state index contributed by atoms with van der Waals surface area (Å²) in [5.41, 5.74) is 6.26. The lowest BCUT2D eigenvalue weighted by molar-refractivity contribution is -0.121. The zero-order chi connectivity index (χ0) is 28.0. The van der Waals surface area contributed by atoms with Gasteiger partial charge in [-0.2, -0.15) is 4.31 Å². The van der Waals surface area contributed by atoms with E-state index in [1.54, 1.807) is 36.6 Å². The molecule has 202 valence electrons. The maximum atomic E-state index is 13.5. The predicted molar refractivity (Wildman–Crippen MR) is 152 cm³/mol. The molecule has 0 atom stereocenters. The van der Waals surface area contributed by atoms with Crippen molar-refractivity contribution in [3.63, 3.8) is 0 Å². The molecule has 0 spiro atoms. The number of likely N-dealkylation sites (N-methyl/N-ethyl adjacent to an activating group) is 2. The highest BCUT2D eigenvalue weighted by Gasteiger charge is 2.27. The number of sulfonamides is 1. The van der Waals surface area contributed by atoms with E-state index in [1.807, 2.05) is 24.1 Å². The van der Waals surface area contributed by atoms with Crippen molar-refractivity contribution in [2.24, 2.45) is 0 Å². The lowest BCUT2D eigenvalue weighted by atomic mass is 10.0. The Labute approximate surface area is 229 Å². The Hall–Kier alpha value is -4.29. The molecular formula is C29H31N5O4S. The van der Waals surface area contributed by atoms with Gasteiger partial charge in [0.2, 0.25) is 15.9 Å². The van der Waals surface area contributed by atoms with Crippen molar-refractivity contribution < 1.29 is 18.0 Å². The van der Waals surface area contributed by atoms with E-state index in [0.717, 1.165) is 0 Å². The zero-order valence-electron chi connectivity index (χ0n) is 22.0. The first-order chi connectivity index (χ1) is 18.7. The number of benzene rings is 1. The van der Waals surface area contributed by atoms with Crippen LogP contribution >= 0.6 is 0 Å². The number of carbonyl (C=O) groups is 2. The molecule has 2 amide bonds. The third-order valence-corrected chi connectivity index (χ3v) is 8.30. The number of carbonyl (C=O) groups excluding carboxylic acids is 2. The van der Waals surface area contributed by atoms with Gasteiger partial charge in [-0.15, -0.1) is 5.73 Å². The molecular weight excluding hydrogens is 514 g/mol. The van der Waals surface area contributed by atoms with Gasteiger partial charge in [-0.05, 0) is 37.1 Å². The fraction of sp³-hybridized carbons (Fsp3) is 0.276. The highest BCUT2D eigenvalue weighted by Crippen LogP contribution is 2.34. The number of fused-ring (bicyclic) bond motifs is 1. The second-order valence-electron chi connectivity index (χ2n) is 9.22. The molecule has 0 saturated carbocycles. The number of hydrogen-bond acceptors (Lipinski definition) is 6. The zero-order valence-corrected chi connectivity index (χ0v) is 22.8. The quantitative estimate of drug-likeness (QED) is 0.341. The first-order valence-corrected chi connectivity index (χ1v) is 14.0. The van der Waals surface area contributed by atoms with Crippen LogP contribution in [-0.4, -0.2) is 63.2 Å². The Balaban J connectivity index is 1.73. The molecule has 0 fully saturated rings. The van der Waals surface area contributed by atoms with Gasteiger partial charge in [-0.25, -0.2) is 8.42 Å². The molecule has 4 rings (SSSR count). The largest absolute Gasteiger partial charge is 0.371 e. The van der Waals surface area contributed by atoms with Gasteiger partial charge in [0.25, 0.3) is 5.91 Å². The smallest absolute Gasteiger partial charge is 0.257 e. The number of nitrogens with zero attached hydrogens (tertiary/aromatic N) is 2. The molecule has 3 N–H and O–H groups in total. The molecule has 0 saturated heterocycles. The molecule has 0 unspecified atom stereocenters. The molecule has 1 aromatic rings. The standard InChI is InChI=1S/C29H31N5O4S/c1-4-23-20-34(3)39(37,38)24-13-6-5-12-22(18-24)31-19-25-28-21(10-7-14-26(28)32-29(25)36)11-8-16-30-27(35)15-9-17-33(23)2/h6-7,10,12-14,18-19,31H,1,5,9,15-17,20H2,2-3H3,(H,30,35)(H,32,36)/b25-19-. The number of nitrogens with one attached hydrogen (secondary N) is 3. The van der Waals surface area contributed by atoms with Gasteiger partial charge in [0.05, 0.1) is 35.0 Å². The molecule has 1 aliphatic carbocycles. The molecule has 9 nitrogen and oxygen atoms in total. The topological polar surface area (TPSA) is 111 Å². The van der Waals surface area contributed by atoms with Crippen LogP contribution in [0.3, 0.4) is 0 Å². The molecule has 39 heavy (non-hydrogen) atoms. The molecule has 0 aromatic heterocycles. The van der Waals surface area contributed by atoms with E-state index in [2.05, 4.69) is 40.1 Å². The third-order valence-electron chi connectivity index (χ3n) is 6.50. The summed E-state index contributed by atoms with van der Waals surface area (Å²) in [7, 11) is -0.544. The first-order valence-electron chi connectivity index (χ1n) is 12.5. The van der Waals surface area contributed by atoms with E-state index >= 15 is 0 Å². The minimum absolute atomic E-state index is 0.0611. The molecule has 2 bridgehead atoms. The highest BCUT2D eigenvalue weighted by molar-refractivity contribution is 7.93. The summed E-state index contributed by atoms with van der Waals surface area (Å²) >= 11 is 0. The Morgan fingerprint density at radius 1 is 1.18 bits per heavy atom. The van der Waals surface area contributed by atoms with Crippen LogP contribution in [0.5, 0.6) is 0 Å². The van der Waals surface area contributed by atoms with Crippen molar-refractivity contribution in [2.75, 3.05) is 39.0 Å². The van der Waals surface area contributed by atoms with Gasteiger partial charge in [0.1, 0.15) is 0 Å². The van der Waals surface area contributed by atoms with E-state index in [0.29, 0.717) is 53.2 Å². The summed E-state index contributed by atoms with van der Waals surface area (Å²) in [5.74, 6) is 5.60. The first kappa shape index (κ1) is 27.7. The highest BCUT2D eigenvalue weighted by atomic mass is 32.2. The summed E-state index contributed by atoms with van der Waals surface area (Å²) in [5, 5.41) is 8.75. The van der Waals surface area contributed by atoms with Crippen LogP contribution in [0.25, 0.3) is 5.57 Å². The summed E-state index contributed by atoms with van der Waals surface area (Å²) in [6.07, 6.45) is 9.65. The monoisotopic (exact) mass is 545 g/mol. The van der Waals surface area contributed by atoms with Gasteiger partial charge < -0.3 is 20.9 Å². The fourth-order valence-electron chi connectivity index (χ4n) is 4.32. The average molecular weight is 546 g/mol. The van der Waals surface area contributed by atoms with Crippen LogP contribution in [0, 0.1) is 11.8 Å². The number of allylic oxidation sites excluding steroid dienone is 4. The maximum Gasteiger partial charge on any atom is 0.257 e. The normalized spacial score (nSPS) is 21.5. The van der Waals surface area contributed by atoms with E-state index in [1.165, 1.54) is 11.4 Å². The lowest BCUT2D eigenvalue weighted by Crippen LogP contribution is -2.34. The van der Waals surface area contributed by atoms with Crippen molar-refractivity contribution in [3.05, 3.63) is 88.4 Å². The molecule has 10 heteroatoms. The van der Waals surface area contributed by atoms with Crippen molar-refractivity contribution >= 4 is 33.1 Å². The van der Waals surface area contributed by atoms with Gasteiger partial charge in [0.15, 0.2) is 0 Å². The van der Waals surface area contributed by atoms with Crippen molar-refractivity contribution in [3.8, 4) is 11.8 Å². The Kier molecular flexibility index (Phi) is 8.57. The summed E-state index contributed by atoms with van der Waals surface area (Å²) in [6, 6.07) is 5.41. The van der Waals surface area contributed by atoms with Crippen LogP contribution in [0.4, 0.5) is 5.69 Å². The Bertz CT molecular complexity index is 1530. The fourth-order valence-corrected chi connectivity index (χ4v) is 5.51. The van der Waals surface area contributed by atoms with Crippen LogP contribution in [-0.2, 0) is 19.6 Å². The van der Waals surface area contributed by atoms with Gasteiger partial charge in [-0.3, -0.25) is 9.59 Å². The van der Waals surface area contributed by atoms with Crippen LogP contribution < -0.4 is 16.0 Å². The Morgan fingerprint density at radius 3 is 2.79 bits per heavy atom. The summed E-state index contributed by atoms with van der Waals surface area (Å²) < 4.78 is 28.2. The third kappa shape index (κ3) is 6.41. The number of hydrogen-bond donors (Lipinski definition) is 3. The van der Waals surface area contributed by atoms with Crippen molar-refractivity contribution in [1.29, 1.82) is 0 Å². The van der Waals surface area contributed by atoms with E-state index in [4.69, 9.17) is 0 Å². The summed E-state index contributed by atoms with van der Waals surface area (Å²) in [6.45, 7) is 4.48. The van der Waals surface area contributed by atoms with E-state index in [-0.39, 0.29) is 36.2 Å². The SMILES string of the molecule is C=C=C1CN(C)S(=O)(=O)C2=CC(=CCC=C2)N/C=C2\C(=O)Nc3cccc(c32)C#CCNC(=O)CCCN1C.